The fourth-order valence-corrected chi connectivity index (χ4v) is 4.53. The van der Waals surface area contributed by atoms with Crippen LogP contribution in [-0.2, 0) is 19.6 Å². The van der Waals surface area contributed by atoms with Crippen LogP contribution in [0.3, 0.4) is 0 Å². The lowest BCUT2D eigenvalue weighted by molar-refractivity contribution is -0.141. The van der Waals surface area contributed by atoms with Crippen LogP contribution in [0.15, 0.2) is 57.9 Å². The zero-order valence-corrected chi connectivity index (χ0v) is 18.1. The van der Waals surface area contributed by atoms with E-state index in [4.69, 9.17) is 4.74 Å². The fourth-order valence-electron chi connectivity index (χ4n) is 2.76. The van der Waals surface area contributed by atoms with Crippen molar-refractivity contribution in [3.05, 3.63) is 64.1 Å². The van der Waals surface area contributed by atoms with E-state index in [2.05, 4.69) is 26.0 Å². The molecule has 1 unspecified atom stereocenters. The number of hydrogen-bond donors (Lipinski definition) is 2. The summed E-state index contributed by atoms with van der Waals surface area (Å²) in [6, 6.07) is 12.4. The summed E-state index contributed by atoms with van der Waals surface area (Å²) in [5.74, 6) is -0.956. The SMILES string of the molecule is COC(=O)CC(NC(=O)c1cccc(S(=O)(=O)NC2CC2)c1)c1cccc(Br)c1. The summed E-state index contributed by atoms with van der Waals surface area (Å²) in [4.78, 5) is 24.7. The molecule has 29 heavy (non-hydrogen) atoms. The number of nitrogens with one attached hydrogen (secondary N) is 2. The number of esters is 1. The third-order valence-corrected chi connectivity index (χ3v) is 6.47. The Bertz CT molecular complexity index is 1020. The van der Waals surface area contributed by atoms with E-state index in [9.17, 15) is 18.0 Å². The summed E-state index contributed by atoms with van der Waals surface area (Å²) in [6.45, 7) is 0. The molecule has 2 N–H and O–H groups in total. The molecule has 0 aromatic heterocycles. The largest absolute Gasteiger partial charge is 0.469 e. The Morgan fingerprint density at radius 2 is 1.90 bits per heavy atom. The molecule has 3 rings (SSSR count). The highest BCUT2D eigenvalue weighted by atomic mass is 79.9. The van der Waals surface area contributed by atoms with E-state index in [0.29, 0.717) is 0 Å². The zero-order valence-electron chi connectivity index (χ0n) is 15.7. The Balaban J connectivity index is 1.82. The van der Waals surface area contributed by atoms with E-state index < -0.39 is 27.9 Å². The van der Waals surface area contributed by atoms with Gasteiger partial charge in [0.05, 0.1) is 24.5 Å². The number of halogens is 1. The van der Waals surface area contributed by atoms with Crippen molar-refractivity contribution in [3.63, 3.8) is 0 Å². The topological polar surface area (TPSA) is 102 Å². The van der Waals surface area contributed by atoms with Crippen molar-refractivity contribution in [1.82, 2.24) is 10.0 Å². The van der Waals surface area contributed by atoms with Crippen LogP contribution in [0, 0.1) is 0 Å². The van der Waals surface area contributed by atoms with E-state index in [1.165, 1.54) is 31.4 Å². The van der Waals surface area contributed by atoms with Gasteiger partial charge in [-0.1, -0.05) is 34.1 Å². The Morgan fingerprint density at radius 3 is 2.55 bits per heavy atom. The Morgan fingerprint density at radius 1 is 1.17 bits per heavy atom. The van der Waals surface area contributed by atoms with Crippen molar-refractivity contribution in [2.45, 2.75) is 36.2 Å². The maximum Gasteiger partial charge on any atom is 0.307 e. The van der Waals surface area contributed by atoms with Gasteiger partial charge in [0, 0.05) is 16.1 Å². The molecule has 2 aromatic rings. The summed E-state index contributed by atoms with van der Waals surface area (Å²) in [5, 5.41) is 2.80. The zero-order chi connectivity index (χ0) is 21.0. The predicted octanol–water partition coefficient (Wildman–Crippen LogP) is 2.92. The first-order chi connectivity index (χ1) is 13.8. The second kappa shape index (κ2) is 9.06. The third kappa shape index (κ3) is 5.88. The maximum absolute atomic E-state index is 12.8. The molecule has 1 aliphatic carbocycles. The highest BCUT2D eigenvalue weighted by Crippen LogP contribution is 2.24. The molecule has 1 fully saturated rings. The second-order valence-corrected chi connectivity index (χ2v) is 9.41. The second-order valence-electron chi connectivity index (χ2n) is 6.78. The molecule has 2 aromatic carbocycles. The number of methoxy groups -OCH3 is 1. The normalized spacial score (nSPS) is 14.8. The molecule has 0 saturated heterocycles. The van der Waals surface area contributed by atoms with Crippen LogP contribution in [0.25, 0.3) is 0 Å². The monoisotopic (exact) mass is 480 g/mol. The van der Waals surface area contributed by atoms with Gasteiger partial charge in [-0.05, 0) is 48.7 Å². The fraction of sp³-hybridized carbons (Fsp3) is 0.300. The van der Waals surface area contributed by atoms with Gasteiger partial charge in [-0.3, -0.25) is 9.59 Å². The minimum Gasteiger partial charge on any atom is -0.469 e. The number of ether oxygens (including phenoxy) is 1. The number of carbonyl (C=O) groups excluding carboxylic acids is 2. The van der Waals surface area contributed by atoms with Gasteiger partial charge in [-0.25, -0.2) is 13.1 Å². The van der Waals surface area contributed by atoms with Gasteiger partial charge in [0.1, 0.15) is 0 Å². The van der Waals surface area contributed by atoms with E-state index in [-0.39, 0.29) is 22.9 Å². The standard InChI is InChI=1S/C20H21BrN2O5S/c1-28-19(24)12-18(13-4-2-6-15(21)10-13)22-20(25)14-5-3-7-17(11-14)29(26,27)23-16-8-9-16/h2-7,10-11,16,18,23H,8-9,12H2,1H3,(H,22,25). The first kappa shape index (κ1) is 21.5. The van der Waals surface area contributed by atoms with Crippen molar-refractivity contribution >= 4 is 37.8 Å². The molecule has 9 heteroatoms. The molecule has 1 aliphatic rings. The Kier molecular flexibility index (Phi) is 6.71. The number of rotatable bonds is 8. The molecule has 1 amide bonds. The molecule has 0 spiro atoms. The lowest BCUT2D eigenvalue weighted by Crippen LogP contribution is -2.31. The predicted molar refractivity (Wildman–Crippen MR) is 111 cm³/mol. The quantitative estimate of drug-likeness (QED) is 0.565. The molecular formula is C20H21BrN2O5S. The average molecular weight is 481 g/mol. The van der Waals surface area contributed by atoms with Crippen LogP contribution in [0.4, 0.5) is 0 Å². The van der Waals surface area contributed by atoms with Gasteiger partial charge in [-0.2, -0.15) is 0 Å². The molecule has 0 aliphatic heterocycles. The summed E-state index contributed by atoms with van der Waals surface area (Å²) < 4.78 is 33.0. The summed E-state index contributed by atoms with van der Waals surface area (Å²) >= 11 is 3.38. The van der Waals surface area contributed by atoms with E-state index in [1.807, 2.05) is 6.07 Å². The van der Waals surface area contributed by atoms with E-state index in [1.54, 1.807) is 18.2 Å². The van der Waals surface area contributed by atoms with Crippen molar-refractivity contribution in [2.24, 2.45) is 0 Å². The van der Waals surface area contributed by atoms with E-state index in [0.717, 1.165) is 22.9 Å². The van der Waals surface area contributed by atoms with Gasteiger partial charge in [-0.15, -0.1) is 0 Å². The Labute approximate surface area is 178 Å². The van der Waals surface area contributed by atoms with Crippen LogP contribution in [0.1, 0.15) is 41.2 Å². The Hall–Kier alpha value is -2.23. The first-order valence-electron chi connectivity index (χ1n) is 9.04. The molecule has 0 bridgehead atoms. The minimum atomic E-state index is -3.67. The van der Waals surface area contributed by atoms with Crippen molar-refractivity contribution < 1.29 is 22.7 Å². The molecule has 154 valence electrons. The van der Waals surface area contributed by atoms with Gasteiger partial charge < -0.3 is 10.1 Å². The lowest BCUT2D eigenvalue weighted by atomic mass is 10.0. The third-order valence-electron chi connectivity index (χ3n) is 4.46. The van der Waals surface area contributed by atoms with E-state index >= 15 is 0 Å². The average Bonchev–Trinajstić information content (AvgIpc) is 3.50. The first-order valence-corrected chi connectivity index (χ1v) is 11.3. The molecule has 0 heterocycles. The van der Waals surface area contributed by atoms with Crippen LogP contribution >= 0.6 is 15.9 Å². The van der Waals surface area contributed by atoms with Crippen LogP contribution < -0.4 is 10.0 Å². The van der Waals surface area contributed by atoms with Crippen molar-refractivity contribution in [3.8, 4) is 0 Å². The summed E-state index contributed by atoms with van der Waals surface area (Å²) in [7, 11) is -2.39. The van der Waals surface area contributed by atoms with Crippen LogP contribution in [0.2, 0.25) is 0 Å². The van der Waals surface area contributed by atoms with Gasteiger partial charge in [0.15, 0.2) is 0 Å². The number of sulfonamides is 1. The van der Waals surface area contributed by atoms with Gasteiger partial charge >= 0.3 is 5.97 Å². The molecule has 0 radical (unpaired) electrons. The van der Waals surface area contributed by atoms with Gasteiger partial charge in [0.25, 0.3) is 5.91 Å². The number of benzene rings is 2. The molecular weight excluding hydrogens is 460 g/mol. The smallest absolute Gasteiger partial charge is 0.307 e. The highest BCUT2D eigenvalue weighted by Gasteiger charge is 2.28. The minimum absolute atomic E-state index is 0.0292. The van der Waals surface area contributed by atoms with Crippen LogP contribution in [-0.4, -0.2) is 33.4 Å². The molecule has 1 atom stereocenters. The molecule has 7 nitrogen and oxygen atoms in total. The highest BCUT2D eigenvalue weighted by molar-refractivity contribution is 9.10. The maximum atomic E-state index is 12.8. The molecule has 1 saturated carbocycles. The summed E-state index contributed by atoms with van der Waals surface area (Å²) in [6.07, 6.45) is 1.59. The summed E-state index contributed by atoms with van der Waals surface area (Å²) in [5.41, 5.74) is 0.908. The van der Waals surface area contributed by atoms with Gasteiger partial charge in [0.2, 0.25) is 10.0 Å². The lowest BCUT2D eigenvalue weighted by Gasteiger charge is -2.19. The van der Waals surface area contributed by atoms with Crippen LogP contribution in [0.5, 0.6) is 0 Å². The number of carbonyl (C=O) groups is 2. The van der Waals surface area contributed by atoms with Crippen molar-refractivity contribution in [2.75, 3.05) is 7.11 Å². The van der Waals surface area contributed by atoms with Crippen molar-refractivity contribution in [1.29, 1.82) is 0 Å². The number of amides is 1. The number of hydrogen-bond acceptors (Lipinski definition) is 5.